The Bertz CT molecular complexity index is 1480. The Balaban J connectivity index is 1.58. The molecular weight excluding hydrogens is 398 g/mol. The zero-order valence-corrected chi connectivity index (χ0v) is 20.5. The van der Waals surface area contributed by atoms with E-state index in [1.165, 1.54) is 55.3 Å². The fourth-order valence-electron chi connectivity index (χ4n) is 6.39. The zero-order valence-electron chi connectivity index (χ0n) is 20.5. The minimum absolute atomic E-state index is 0.00392. The SMILES string of the molecule is CC(C)c1ccc2cnc(-c3cccc4c3C(C)(C)C3=C4C(C)(C)c4ccccc43)cc2c1. The molecule has 0 amide bonds. The molecular formula is C32H31N. The van der Waals surface area contributed by atoms with Crippen LogP contribution in [-0.2, 0) is 10.8 Å². The number of rotatable bonds is 2. The first-order chi connectivity index (χ1) is 15.7. The van der Waals surface area contributed by atoms with Gasteiger partial charge in [-0.15, -0.1) is 0 Å². The van der Waals surface area contributed by atoms with E-state index in [2.05, 4.69) is 108 Å². The van der Waals surface area contributed by atoms with Crippen LogP contribution in [0.25, 0.3) is 33.2 Å². The molecule has 0 fully saturated rings. The van der Waals surface area contributed by atoms with Crippen LogP contribution in [0.4, 0.5) is 0 Å². The summed E-state index contributed by atoms with van der Waals surface area (Å²) < 4.78 is 0. The third-order valence-corrected chi connectivity index (χ3v) is 8.02. The van der Waals surface area contributed by atoms with Gasteiger partial charge in [-0.05, 0) is 56.3 Å². The number of hydrogen-bond donors (Lipinski definition) is 0. The predicted molar refractivity (Wildman–Crippen MR) is 141 cm³/mol. The second-order valence-electron chi connectivity index (χ2n) is 11.1. The van der Waals surface area contributed by atoms with Gasteiger partial charge in [-0.25, -0.2) is 0 Å². The molecule has 0 saturated heterocycles. The lowest BCUT2D eigenvalue weighted by atomic mass is 9.74. The third kappa shape index (κ3) is 2.69. The maximum Gasteiger partial charge on any atom is 0.0711 e. The average Bonchev–Trinajstić information content (AvgIpc) is 3.20. The maximum absolute atomic E-state index is 4.95. The molecule has 0 saturated carbocycles. The number of aromatic nitrogens is 1. The summed E-state index contributed by atoms with van der Waals surface area (Å²) >= 11 is 0. The molecule has 1 nitrogen and oxygen atoms in total. The van der Waals surface area contributed by atoms with Crippen molar-refractivity contribution in [3.8, 4) is 11.3 Å². The molecule has 3 aromatic carbocycles. The Hall–Kier alpha value is -3.19. The predicted octanol–water partition coefficient (Wildman–Crippen LogP) is 8.52. The van der Waals surface area contributed by atoms with Crippen molar-refractivity contribution in [2.75, 3.05) is 0 Å². The normalized spacial score (nSPS) is 17.4. The van der Waals surface area contributed by atoms with Gasteiger partial charge in [0.2, 0.25) is 0 Å². The Labute approximate surface area is 197 Å². The van der Waals surface area contributed by atoms with Crippen molar-refractivity contribution in [3.05, 3.63) is 101 Å². The smallest absolute Gasteiger partial charge is 0.0711 e. The second kappa shape index (κ2) is 6.67. The number of allylic oxidation sites excluding steroid dienone is 2. The first-order valence-corrected chi connectivity index (χ1v) is 12.1. The molecule has 4 aromatic rings. The minimum atomic E-state index is -0.0818. The van der Waals surface area contributed by atoms with E-state index in [4.69, 9.17) is 4.98 Å². The molecule has 2 aliphatic rings. The standard InChI is InChI=1S/C32H31N/c1-19(2)20-14-15-21-18-33-27(17-22(21)16-20)24-11-9-12-25-28(24)32(5,6)29-23-10-7-8-13-26(23)31(3,4)30(25)29/h7-19H,1-6H3. The quantitative estimate of drug-likeness (QED) is 0.311. The molecule has 1 heteroatoms. The van der Waals surface area contributed by atoms with Gasteiger partial charge in [0.1, 0.15) is 0 Å². The maximum atomic E-state index is 4.95. The van der Waals surface area contributed by atoms with Gasteiger partial charge in [-0.2, -0.15) is 0 Å². The van der Waals surface area contributed by atoms with Crippen molar-refractivity contribution in [2.45, 2.75) is 58.3 Å². The number of benzene rings is 3. The van der Waals surface area contributed by atoms with Crippen molar-refractivity contribution >= 4 is 21.9 Å². The van der Waals surface area contributed by atoms with Gasteiger partial charge in [0.15, 0.2) is 0 Å². The van der Waals surface area contributed by atoms with Crippen LogP contribution < -0.4 is 0 Å². The van der Waals surface area contributed by atoms with Crippen LogP contribution in [-0.4, -0.2) is 4.98 Å². The van der Waals surface area contributed by atoms with E-state index in [0.29, 0.717) is 5.92 Å². The minimum Gasteiger partial charge on any atom is -0.256 e. The highest BCUT2D eigenvalue weighted by Crippen LogP contribution is 2.63. The van der Waals surface area contributed by atoms with E-state index in [9.17, 15) is 0 Å². The first-order valence-electron chi connectivity index (χ1n) is 12.1. The summed E-state index contributed by atoms with van der Waals surface area (Å²) in [5.74, 6) is 0.514. The molecule has 1 heterocycles. The summed E-state index contributed by atoms with van der Waals surface area (Å²) in [6.45, 7) is 14.1. The third-order valence-electron chi connectivity index (χ3n) is 8.02. The fraction of sp³-hybridized carbons (Fsp3) is 0.281. The van der Waals surface area contributed by atoms with Crippen LogP contribution in [0, 0.1) is 0 Å². The van der Waals surface area contributed by atoms with E-state index in [1.54, 1.807) is 0 Å². The van der Waals surface area contributed by atoms with Crippen molar-refractivity contribution in [1.82, 2.24) is 4.98 Å². The molecule has 0 bridgehead atoms. The summed E-state index contributed by atoms with van der Waals surface area (Å²) in [7, 11) is 0. The molecule has 2 aliphatic carbocycles. The van der Waals surface area contributed by atoms with Crippen molar-refractivity contribution < 1.29 is 0 Å². The summed E-state index contributed by atoms with van der Waals surface area (Å²) in [4.78, 5) is 4.95. The van der Waals surface area contributed by atoms with Gasteiger partial charge < -0.3 is 0 Å². The van der Waals surface area contributed by atoms with Crippen LogP contribution in [0.3, 0.4) is 0 Å². The molecule has 0 aliphatic heterocycles. The van der Waals surface area contributed by atoms with Crippen molar-refractivity contribution in [2.24, 2.45) is 0 Å². The lowest BCUT2D eigenvalue weighted by Gasteiger charge is -2.29. The van der Waals surface area contributed by atoms with Crippen LogP contribution in [0.5, 0.6) is 0 Å². The van der Waals surface area contributed by atoms with E-state index >= 15 is 0 Å². The highest BCUT2D eigenvalue weighted by molar-refractivity contribution is 6.10. The second-order valence-corrected chi connectivity index (χ2v) is 11.1. The molecule has 164 valence electrons. The van der Waals surface area contributed by atoms with E-state index in [-0.39, 0.29) is 10.8 Å². The summed E-state index contributed by atoms with van der Waals surface area (Å²) in [6, 6.07) is 24.8. The molecule has 33 heavy (non-hydrogen) atoms. The zero-order chi connectivity index (χ0) is 23.1. The van der Waals surface area contributed by atoms with Gasteiger partial charge in [0.05, 0.1) is 5.69 Å². The summed E-state index contributed by atoms with van der Waals surface area (Å²) in [5, 5.41) is 2.47. The van der Waals surface area contributed by atoms with E-state index in [0.717, 1.165) is 5.69 Å². The van der Waals surface area contributed by atoms with E-state index in [1.807, 2.05) is 6.20 Å². The fourth-order valence-corrected chi connectivity index (χ4v) is 6.39. The van der Waals surface area contributed by atoms with Gasteiger partial charge in [0, 0.05) is 28.0 Å². The molecule has 0 radical (unpaired) electrons. The first kappa shape index (κ1) is 20.4. The van der Waals surface area contributed by atoms with Crippen molar-refractivity contribution in [1.29, 1.82) is 0 Å². The van der Waals surface area contributed by atoms with E-state index < -0.39 is 0 Å². The molecule has 0 atom stereocenters. The molecule has 1 aromatic heterocycles. The van der Waals surface area contributed by atoms with Crippen LogP contribution in [0.15, 0.2) is 72.9 Å². The Morgan fingerprint density at radius 3 is 2.15 bits per heavy atom. The number of fused-ring (bicyclic) bond motifs is 5. The largest absolute Gasteiger partial charge is 0.256 e. The monoisotopic (exact) mass is 429 g/mol. The Morgan fingerprint density at radius 2 is 1.36 bits per heavy atom. The average molecular weight is 430 g/mol. The summed E-state index contributed by atoms with van der Waals surface area (Å²) in [5.41, 5.74) is 12.3. The van der Waals surface area contributed by atoms with Crippen LogP contribution in [0.1, 0.15) is 75.3 Å². The molecule has 0 N–H and O–H groups in total. The van der Waals surface area contributed by atoms with Gasteiger partial charge in [-0.3, -0.25) is 4.98 Å². The van der Waals surface area contributed by atoms with Gasteiger partial charge >= 0.3 is 0 Å². The Kier molecular flexibility index (Phi) is 4.13. The van der Waals surface area contributed by atoms with Crippen LogP contribution >= 0.6 is 0 Å². The topological polar surface area (TPSA) is 12.9 Å². The summed E-state index contributed by atoms with van der Waals surface area (Å²) in [6.07, 6.45) is 2.04. The highest BCUT2D eigenvalue weighted by Gasteiger charge is 2.50. The number of pyridine rings is 1. The molecule has 6 rings (SSSR count). The molecule has 0 unspecified atom stereocenters. The Morgan fingerprint density at radius 1 is 0.667 bits per heavy atom. The lowest BCUT2D eigenvalue weighted by molar-refractivity contribution is 0.695. The van der Waals surface area contributed by atoms with Crippen LogP contribution in [0.2, 0.25) is 0 Å². The lowest BCUT2D eigenvalue weighted by Crippen LogP contribution is -2.20. The molecule has 0 spiro atoms. The van der Waals surface area contributed by atoms with Gasteiger partial charge in [0.25, 0.3) is 0 Å². The number of nitrogens with zero attached hydrogens (tertiary/aromatic N) is 1. The van der Waals surface area contributed by atoms with Gasteiger partial charge in [-0.1, -0.05) is 102 Å². The number of hydrogen-bond acceptors (Lipinski definition) is 1. The highest BCUT2D eigenvalue weighted by atomic mass is 14.7. The van der Waals surface area contributed by atoms with Crippen molar-refractivity contribution in [3.63, 3.8) is 0 Å².